The van der Waals surface area contributed by atoms with Gasteiger partial charge in [-0.1, -0.05) is 0 Å². The van der Waals surface area contributed by atoms with Gasteiger partial charge in [0.2, 0.25) is 5.91 Å². The molecule has 2 fully saturated rings. The van der Waals surface area contributed by atoms with E-state index in [1.165, 1.54) is 6.33 Å². The fraction of sp³-hybridized carbons (Fsp3) is 0.812. The van der Waals surface area contributed by atoms with E-state index in [4.69, 9.17) is 9.47 Å². The molecule has 1 aromatic rings. The number of rotatable bonds is 5. The fourth-order valence-electron chi connectivity index (χ4n) is 3.73. The number of aryl methyl sites for hydroxylation is 1. The number of carbonyl (C=O) groups is 1. The van der Waals surface area contributed by atoms with Gasteiger partial charge in [-0.25, -0.2) is 4.98 Å². The first-order chi connectivity index (χ1) is 11.2. The van der Waals surface area contributed by atoms with Crippen LogP contribution in [0.25, 0.3) is 0 Å². The van der Waals surface area contributed by atoms with E-state index in [2.05, 4.69) is 10.1 Å². The molecule has 128 valence electrons. The number of nitrogens with zero attached hydrogens (tertiary/aromatic N) is 4. The van der Waals surface area contributed by atoms with Gasteiger partial charge in [0.1, 0.15) is 12.7 Å². The van der Waals surface area contributed by atoms with Crippen molar-refractivity contribution in [3.05, 3.63) is 12.7 Å². The van der Waals surface area contributed by atoms with E-state index in [1.807, 2.05) is 4.90 Å². The van der Waals surface area contributed by atoms with Crippen molar-refractivity contribution in [1.82, 2.24) is 19.7 Å². The molecule has 0 aliphatic carbocycles. The topological polar surface area (TPSA) is 69.5 Å². The Hall–Kier alpha value is -1.47. The van der Waals surface area contributed by atoms with E-state index >= 15 is 0 Å². The van der Waals surface area contributed by atoms with Gasteiger partial charge in [-0.05, 0) is 32.1 Å². The highest BCUT2D eigenvalue weighted by Crippen LogP contribution is 2.36. The molecule has 1 atom stereocenters. The highest BCUT2D eigenvalue weighted by Gasteiger charge is 2.45. The summed E-state index contributed by atoms with van der Waals surface area (Å²) in [6.07, 6.45) is 8.58. The standard InChI is InChI=1S/C16H26N4O3/c1-22-14-4-3-11-23-16(14)6-9-19(10-7-16)15(21)5-2-8-20-13-17-12-18-20/h12-14H,2-11H2,1H3. The normalized spacial score (nSPS) is 24.0. The summed E-state index contributed by atoms with van der Waals surface area (Å²) in [5, 5.41) is 4.05. The molecule has 3 rings (SSSR count). The minimum atomic E-state index is -0.176. The molecule has 7 heteroatoms. The molecule has 2 saturated heterocycles. The van der Waals surface area contributed by atoms with Crippen LogP contribution in [0.5, 0.6) is 0 Å². The first kappa shape index (κ1) is 16.4. The van der Waals surface area contributed by atoms with Crippen LogP contribution < -0.4 is 0 Å². The lowest BCUT2D eigenvalue weighted by Crippen LogP contribution is -2.56. The number of likely N-dealkylation sites (tertiary alicyclic amines) is 1. The van der Waals surface area contributed by atoms with Crippen LogP contribution in [0.2, 0.25) is 0 Å². The SMILES string of the molecule is COC1CCCOC12CCN(C(=O)CCCn1cncn1)CC2. The largest absolute Gasteiger partial charge is 0.378 e. The van der Waals surface area contributed by atoms with Crippen molar-refractivity contribution in [3.63, 3.8) is 0 Å². The number of piperidine rings is 1. The smallest absolute Gasteiger partial charge is 0.222 e. The molecule has 1 aromatic heterocycles. The summed E-state index contributed by atoms with van der Waals surface area (Å²) in [6.45, 7) is 3.08. The second-order valence-corrected chi connectivity index (χ2v) is 6.42. The third-order valence-electron chi connectivity index (χ3n) is 5.08. The highest BCUT2D eigenvalue weighted by molar-refractivity contribution is 5.76. The zero-order valence-electron chi connectivity index (χ0n) is 13.8. The van der Waals surface area contributed by atoms with Crippen LogP contribution in [-0.4, -0.2) is 64.1 Å². The maximum absolute atomic E-state index is 12.4. The zero-order valence-corrected chi connectivity index (χ0v) is 13.8. The molecule has 1 spiro atoms. The molecule has 3 heterocycles. The van der Waals surface area contributed by atoms with Crippen LogP contribution in [0.1, 0.15) is 38.5 Å². The molecule has 2 aliphatic rings. The van der Waals surface area contributed by atoms with Crippen LogP contribution in [0.15, 0.2) is 12.7 Å². The summed E-state index contributed by atoms with van der Waals surface area (Å²) < 4.78 is 13.5. The lowest BCUT2D eigenvalue weighted by Gasteiger charge is -2.48. The summed E-state index contributed by atoms with van der Waals surface area (Å²) in [5.41, 5.74) is -0.176. The zero-order chi connectivity index (χ0) is 16.1. The van der Waals surface area contributed by atoms with Crippen molar-refractivity contribution < 1.29 is 14.3 Å². The van der Waals surface area contributed by atoms with Crippen LogP contribution in [0.4, 0.5) is 0 Å². The van der Waals surface area contributed by atoms with Crippen molar-refractivity contribution in [1.29, 1.82) is 0 Å². The Kier molecular flexibility index (Phi) is 5.27. The van der Waals surface area contributed by atoms with Crippen LogP contribution in [0, 0.1) is 0 Å². The highest BCUT2D eigenvalue weighted by atomic mass is 16.5. The Morgan fingerprint density at radius 1 is 1.43 bits per heavy atom. The van der Waals surface area contributed by atoms with Gasteiger partial charge in [-0.2, -0.15) is 5.10 Å². The first-order valence-electron chi connectivity index (χ1n) is 8.50. The average molecular weight is 322 g/mol. The second kappa shape index (κ2) is 7.40. The Morgan fingerprint density at radius 3 is 2.96 bits per heavy atom. The van der Waals surface area contributed by atoms with Gasteiger partial charge < -0.3 is 14.4 Å². The number of methoxy groups -OCH3 is 1. The number of amides is 1. The monoisotopic (exact) mass is 322 g/mol. The molecule has 2 aliphatic heterocycles. The van der Waals surface area contributed by atoms with Crippen LogP contribution >= 0.6 is 0 Å². The van der Waals surface area contributed by atoms with Gasteiger partial charge in [0.25, 0.3) is 0 Å². The summed E-state index contributed by atoms with van der Waals surface area (Å²) in [6, 6.07) is 0. The lowest BCUT2D eigenvalue weighted by molar-refractivity contribution is -0.188. The molecular weight excluding hydrogens is 296 g/mol. The lowest BCUT2D eigenvalue weighted by atomic mass is 9.81. The molecule has 0 N–H and O–H groups in total. The molecule has 1 unspecified atom stereocenters. The maximum atomic E-state index is 12.4. The van der Waals surface area contributed by atoms with Crippen LogP contribution in [0.3, 0.4) is 0 Å². The van der Waals surface area contributed by atoms with E-state index < -0.39 is 0 Å². The predicted molar refractivity (Wildman–Crippen MR) is 83.8 cm³/mol. The minimum Gasteiger partial charge on any atom is -0.378 e. The molecular formula is C16H26N4O3. The fourth-order valence-corrected chi connectivity index (χ4v) is 3.73. The molecule has 0 aromatic carbocycles. The number of carbonyl (C=O) groups excluding carboxylic acids is 1. The number of ether oxygens (including phenoxy) is 2. The third kappa shape index (κ3) is 3.72. The molecule has 23 heavy (non-hydrogen) atoms. The van der Waals surface area contributed by atoms with Gasteiger partial charge in [0.05, 0.1) is 11.7 Å². The number of hydrogen-bond donors (Lipinski definition) is 0. The molecule has 0 bridgehead atoms. The van der Waals surface area contributed by atoms with E-state index in [0.717, 1.165) is 58.3 Å². The molecule has 1 amide bonds. The van der Waals surface area contributed by atoms with Gasteiger partial charge >= 0.3 is 0 Å². The van der Waals surface area contributed by atoms with Crippen molar-refractivity contribution >= 4 is 5.91 Å². The second-order valence-electron chi connectivity index (χ2n) is 6.42. The van der Waals surface area contributed by atoms with Crippen molar-refractivity contribution in [2.75, 3.05) is 26.8 Å². The van der Waals surface area contributed by atoms with Gasteiger partial charge in [-0.15, -0.1) is 0 Å². The van der Waals surface area contributed by atoms with Crippen molar-refractivity contribution in [2.45, 2.75) is 56.8 Å². The quantitative estimate of drug-likeness (QED) is 0.816. The number of hydrogen-bond acceptors (Lipinski definition) is 5. The Bertz CT molecular complexity index is 497. The van der Waals surface area contributed by atoms with Crippen molar-refractivity contribution in [3.8, 4) is 0 Å². The van der Waals surface area contributed by atoms with Gasteiger partial charge in [0.15, 0.2) is 0 Å². The van der Waals surface area contributed by atoms with E-state index in [-0.39, 0.29) is 17.6 Å². The van der Waals surface area contributed by atoms with Gasteiger partial charge in [-0.3, -0.25) is 9.48 Å². The van der Waals surface area contributed by atoms with Crippen LogP contribution in [-0.2, 0) is 20.8 Å². The summed E-state index contributed by atoms with van der Waals surface area (Å²) in [4.78, 5) is 18.2. The maximum Gasteiger partial charge on any atom is 0.222 e. The third-order valence-corrected chi connectivity index (χ3v) is 5.08. The molecule has 0 radical (unpaired) electrons. The van der Waals surface area contributed by atoms with Gasteiger partial charge in [0, 0.05) is 39.8 Å². The minimum absolute atomic E-state index is 0.167. The molecule has 0 saturated carbocycles. The van der Waals surface area contributed by atoms with Crippen molar-refractivity contribution in [2.24, 2.45) is 0 Å². The first-order valence-corrected chi connectivity index (χ1v) is 8.50. The van der Waals surface area contributed by atoms with E-state index in [1.54, 1.807) is 18.1 Å². The predicted octanol–water partition coefficient (Wildman–Crippen LogP) is 1.24. The van der Waals surface area contributed by atoms with E-state index in [0.29, 0.717) is 6.42 Å². The summed E-state index contributed by atoms with van der Waals surface area (Å²) >= 11 is 0. The number of aromatic nitrogens is 3. The summed E-state index contributed by atoms with van der Waals surface area (Å²) in [5.74, 6) is 0.227. The summed E-state index contributed by atoms with van der Waals surface area (Å²) in [7, 11) is 1.77. The molecule has 7 nitrogen and oxygen atoms in total. The Balaban J connectivity index is 1.45. The average Bonchev–Trinajstić information content (AvgIpc) is 3.09. The Morgan fingerprint density at radius 2 is 2.26 bits per heavy atom. The Labute approximate surface area is 137 Å². The van der Waals surface area contributed by atoms with E-state index in [9.17, 15) is 4.79 Å².